The second-order valence-corrected chi connectivity index (χ2v) is 8.48. The van der Waals surface area contributed by atoms with Crippen LogP contribution in [-0.4, -0.2) is 5.78 Å². The van der Waals surface area contributed by atoms with Gasteiger partial charge in [-0.1, -0.05) is 26.2 Å². The fourth-order valence-corrected chi connectivity index (χ4v) is 5.06. The van der Waals surface area contributed by atoms with Gasteiger partial charge in [-0.3, -0.25) is 4.79 Å². The van der Waals surface area contributed by atoms with Crippen LogP contribution in [0.4, 0.5) is 8.78 Å². The number of benzene rings is 1. The molecule has 3 heteroatoms. The first kappa shape index (κ1) is 19.5. The van der Waals surface area contributed by atoms with Gasteiger partial charge in [-0.05, 0) is 80.4 Å². The highest BCUT2D eigenvalue weighted by atomic mass is 19.1. The van der Waals surface area contributed by atoms with Crippen LogP contribution in [0.1, 0.15) is 82.3 Å². The highest BCUT2D eigenvalue weighted by Crippen LogP contribution is 2.40. The molecule has 2 aliphatic rings. The zero-order chi connectivity index (χ0) is 18.5. The third-order valence-electron chi connectivity index (χ3n) is 6.69. The van der Waals surface area contributed by atoms with Gasteiger partial charge < -0.3 is 0 Å². The van der Waals surface area contributed by atoms with Crippen molar-refractivity contribution in [2.75, 3.05) is 0 Å². The van der Waals surface area contributed by atoms with Crippen molar-refractivity contribution in [3.63, 3.8) is 0 Å². The van der Waals surface area contributed by atoms with Gasteiger partial charge in [0, 0.05) is 18.4 Å². The van der Waals surface area contributed by atoms with Crippen LogP contribution in [0.2, 0.25) is 0 Å². The molecule has 0 heterocycles. The van der Waals surface area contributed by atoms with E-state index < -0.39 is 0 Å². The summed E-state index contributed by atoms with van der Waals surface area (Å²) < 4.78 is 28.5. The van der Waals surface area contributed by atoms with Crippen LogP contribution in [0.25, 0.3) is 0 Å². The first-order chi connectivity index (χ1) is 12.6. The Morgan fingerprint density at radius 1 is 0.885 bits per heavy atom. The Morgan fingerprint density at radius 2 is 1.46 bits per heavy atom. The molecule has 0 aliphatic heterocycles. The highest BCUT2D eigenvalue weighted by molar-refractivity contribution is 5.79. The topological polar surface area (TPSA) is 17.1 Å². The van der Waals surface area contributed by atoms with Gasteiger partial charge in [-0.2, -0.15) is 0 Å². The summed E-state index contributed by atoms with van der Waals surface area (Å²) in [6.07, 6.45) is 11.5. The lowest BCUT2D eigenvalue weighted by molar-refractivity contribution is -0.121. The van der Waals surface area contributed by atoms with Crippen LogP contribution >= 0.6 is 0 Å². The minimum absolute atomic E-state index is 0.276. The normalized spacial score (nSPS) is 24.8. The third-order valence-corrected chi connectivity index (χ3v) is 6.69. The quantitative estimate of drug-likeness (QED) is 0.571. The summed E-state index contributed by atoms with van der Waals surface area (Å²) in [6.45, 7) is 2.02. The minimum Gasteiger partial charge on any atom is -0.300 e. The van der Waals surface area contributed by atoms with Crippen molar-refractivity contribution in [1.82, 2.24) is 0 Å². The Balaban J connectivity index is 1.47. The molecule has 0 saturated heterocycles. The Bertz CT molecular complexity index is 584. The zero-order valence-electron chi connectivity index (χ0n) is 16.0. The number of halogens is 2. The lowest BCUT2D eigenvalue weighted by Crippen LogP contribution is -2.26. The lowest BCUT2D eigenvalue weighted by Gasteiger charge is -2.35. The van der Waals surface area contributed by atoms with E-state index in [0.29, 0.717) is 18.1 Å². The fourth-order valence-electron chi connectivity index (χ4n) is 5.06. The fraction of sp³-hybridized carbons (Fsp3) is 0.696. The number of carbonyl (C=O) groups excluding carboxylic acids is 1. The molecule has 3 rings (SSSR count). The summed E-state index contributed by atoms with van der Waals surface area (Å²) >= 11 is 0. The molecule has 0 bridgehead atoms. The average Bonchev–Trinajstić information content (AvgIpc) is 2.62. The molecule has 0 amide bonds. The van der Waals surface area contributed by atoms with Crippen molar-refractivity contribution in [3.05, 3.63) is 34.9 Å². The predicted molar refractivity (Wildman–Crippen MR) is 101 cm³/mol. The molecule has 0 unspecified atom stereocenters. The highest BCUT2D eigenvalue weighted by Gasteiger charge is 2.30. The Morgan fingerprint density at radius 3 is 2.04 bits per heavy atom. The molecule has 0 radical (unpaired) electrons. The maximum atomic E-state index is 14.3. The molecule has 0 N–H and O–H groups in total. The second kappa shape index (κ2) is 9.10. The first-order valence-corrected chi connectivity index (χ1v) is 10.5. The Hall–Kier alpha value is -1.25. The van der Waals surface area contributed by atoms with Gasteiger partial charge in [0.2, 0.25) is 0 Å². The van der Waals surface area contributed by atoms with Gasteiger partial charge in [0.05, 0.1) is 0 Å². The molecule has 1 aromatic carbocycles. The number of Topliss-reactive ketones (excluding diaryl/α,β-unsaturated/α-hetero) is 1. The molecule has 1 aromatic rings. The van der Waals surface area contributed by atoms with Gasteiger partial charge in [0.15, 0.2) is 0 Å². The van der Waals surface area contributed by atoms with Crippen LogP contribution in [0.5, 0.6) is 0 Å². The number of rotatable bonds is 6. The molecule has 0 atom stereocenters. The van der Waals surface area contributed by atoms with Gasteiger partial charge in [-0.15, -0.1) is 0 Å². The van der Waals surface area contributed by atoms with Crippen molar-refractivity contribution in [3.8, 4) is 0 Å². The largest absolute Gasteiger partial charge is 0.300 e. The molecule has 2 fully saturated rings. The molecule has 144 valence electrons. The summed E-state index contributed by atoms with van der Waals surface area (Å²) in [5.41, 5.74) is 1.04. The van der Waals surface area contributed by atoms with Crippen molar-refractivity contribution >= 4 is 5.78 Å². The van der Waals surface area contributed by atoms with Crippen molar-refractivity contribution in [1.29, 1.82) is 0 Å². The van der Waals surface area contributed by atoms with Crippen molar-refractivity contribution in [2.24, 2.45) is 17.8 Å². The first-order valence-electron chi connectivity index (χ1n) is 10.5. The van der Waals surface area contributed by atoms with Crippen molar-refractivity contribution in [2.45, 2.75) is 84.0 Å². The van der Waals surface area contributed by atoms with Gasteiger partial charge in [0.25, 0.3) is 0 Å². The summed E-state index contributed by atoms with van der Waals surface area (Å²) in [7, 11) is 0. The number of ketones is 1. The average molecular weight is 363 g/mol. The summed E-state index contributed by atoms with van der Waals surface area (Å²) in [6, 6.07) is 3.03. The molecular weight excluding hydrogens is 330 g/mol. The number of hydrogen-bond acceptors (Lipinski definition) is 1. The smallest absolute Gasteiger partial charge is 0.132 e. The zero-order valence-corrected chi connectivity index (χ0v) is 16.0. The maximum absolute atomic E-state index is 14.3. The minimum atomic E-state index is -0.367. The Labute approximate surface area is 156 Å². The van der Waals surface area contributed by atoms with Gasteiger partial charge in [-0.25, -0.2) is 8.78 Å². The molecule has 26 heavy (non-hydrogen) atoms. The van der Waals surface area contributed by atoms with Gasteiger partial charge in [0.1, 0.15) is 17.4 Å². The van der Waals surface area contributed by atoms with E-state index in [1.54, 1.807) is 0 Å². The maximum Gasteiger partial charge on any atom is 0.132 e. The SMILES string of the molecule is CCCc1cc(F)c(CCC2CCC(C3CCC(=O)CC3)CC2)c(F)c1. The number of aryl methyl sites for hydroxylation is 1. The van der Waals surface area contributed by atoms with Crippen LogP contribution in [0.3, 0.4) is 0 Å². The van der Waals surface area contributed by atoms with Gasteiger partial charge >= 0.3 is 0 Å². The summed E-state index contributed by atoms with van der Waals surface area (Å²) in [4.78, 5) is 11.4. The second-order valence-electron chi connectivity index (χ2n) is 8.48. The predicted octanol–water partition coefficient (Wildman–Crippen LogP) is 6.42. The molecular formula is C23H32F2O. The van der Waals surface area contributed by atoms with E-state index in [4.69, 9.17) is 0 Å². The molecule has 1 nitrogen and oxygen atoms in total. The molecule has 0 aromatic heterocycles. The van der Waals surface area contributed by atoms with E-state index in [2.05, 4.69) is 0 Å². The van der Waals surface area contributed by atoms with E-state index in [1.807, 2.05) is 6.92 Å². The molecule has 0 spiro atoms. The van der Waals surface area contributed by atoms with E-state index in [1.165, 1.54) is 37.8 Å². The van der Waals surface area contributed by atoms with Crippen LogP contribution in [-0.2, 0) is 17.6 Å². The van der Waals surface area contributed by atoms with E-state index in [9.17, 15) is 13.6 Å². The van der Waals surface area contributed by atoms with Crippen LogP contribution < -0.4 is 0 Å². The lowest BCUT2D eigenvalue weighted by atomic mass is 9.70. The monoisotopic (exact) mass is 362 g/mol. The van der Waals surface area contributed by atoms with Crippen molar-refractivity contribution < 1.29 is 13.6 Å². The number of hydrogen-bond donors (Lipinski definition) is 0. The third kappa shape index (κ3) is 4.92. The van der Waals surface area contributed by atoms with E-state index >= 15 is 0 Å². The van der Waals surface area contributed by atoms with Crippen LogP contribution in [0, 0.1) is 29.4 Å². The standard InChI is InChI=1S/C23H32F2O/c1-2-3-17-14-22(24)21(23(25)15-17)13-6-16-4-7-18(8-5-16)19-9-11-20(26)12-10-19/h14-16,18-19H,2-13H2,1H3. The molecule has 2 saturated carbocycles. The van der Waals surface area contributed by atoms with E-state index in [-0.39, 0.29) is 17.2 Å². The summed E-state index contributed by atoms with van der Waals surface area (Å²) in [5.74, 6) is 1.79. The molecule has 2 aliphatic carbocycles. The Kier molecular flexibility index (Phi) is 6.83. The summed E-state index contributed by atoms with van der Waals surface area (Å²) in [5, 5.41) is 0. The number of carbonyl (C=O) groups is 1. The van der Waals surface area contributed by atoms with Crippen LogP contribution in [0.15, 0.2) is 12.1 Å². The van der Waals surface area contributed by atoms with E-state index in [0.717, 1.165) is 62.3 Å².